The van der Waals surface area contributed by atoms with E-state index in [0.717, 1.165) is 18.5 Å². The summed E-state index contributed by atoms with van der Waals surface area (Å²) in [7, 11) is 0. The molecule has 0 amide bonds. The van der Waals surface area contributed by atoms with Crippen molar-refractivity contribution in [2.45, 2.75) is 12.8 Å². The smallest absolute Gasteiger partial charge is 0.0865 e. The molecule has 0 fully saturated rings. The summed E-state index contributed by atoms with van der Waals surface area (Å²) in [4.78, 5) is 0. The second kappa shape index (κ2) is 6.11. The Morgan fingerprint density at radius 2 is 1.78 bits per heavy atom. The zero-order valence-electron chi connectivity index (χ0n) is 9.21. The van der Waals surface area contributed by atoms with Crippen molar-refractivity contribution < 1.29 is 0 Å². The topological polar surface area (TPSA) is 30.7 Å². The van der Waals surface area contributed by atoms with E-state index in [1.165, 1.54) is 0 Å². The van der Waals surface area contributed by atoms with E-state index in [2.05, 4.69) is 10.3 Å². The molecule has 2 rings (SSSR count). The molecule has 1 aromatic heterocycles. The third-order valence-electron chi connectivity index (χ3n) is 2.34. The van der Waals surface area contributed by atoms with Crippen LogP contribution in [0, 0.1) is 0 Å². The molecule has 0 spiro atoms. The molecule has 7 heteroatoms. The number of benzene rings is 1. The summed E-state index contributed by atoms with van der Waals surface area (Å²) >= 11 is 23.6. The molecule has 3 nitrogen and oxygen atoms in total. The van der Waals surface area contributed by atoms with Crippen LogP contribution >= 0.6 is 46.4 Å². The molecule has 0 unspecified atom stereocenters. The van der Waals surface area contributed by atoms with Crippen LogP contribution in [0.3, 0.4) is 0 Å². The Labute approximate surface area is 125 Å². The van der Waals surface area contributed by atoms with Crippen molar-refractivity contribution in [1.82, 2.24) is 15.0 Å². The van der Waals surface area contributed by atoms with E-state index in [-0.39, 0.29) is 0 Å². The summed E-state index contributed by atoms with van der Waals surface area (Å²) in [5.41, 5.74) is 1.51. The number of hydrogen-bond acceptors (Lipinski definition) is 2. The van der Waals surface area contributed by atoms with Crippen LogP contribution in [0.15, 0.2) is 18.3 Å². The summed E-state index contributed by atoms with van der Waals surface area (Å²) in [6.45, 7) is 0. The van der Waals surface area contributed by atoms with Crippen molar-refractivity contribution in [1.29, 1.82) is 0 Å². The third kappa shape index (κ3) is 3.09. The number of halogens is 4. The highest BCUT2D eigenvalue weighted by Crippen LogP contribution is 2.30. The lowest BCUT2D eigenvalue weighted by Crippen LogP contribution is -1.96. The standard InChI is InChI=1S/C11H9Cl4N3/c12-3-1-2-7-6-18(17-16-7)11-5-9(14)8(13)4-10(11)15/h4-6H,1-3H2. The van der Waals surface area contributed by atoms with Gasteiger partial charge in [0.25, 0.3) is 0 Å². The summed E-state index contributed by atoms with van der Waals surface area (Å²) < 4.78 is 1.58. The molecule has 96 valence electrons. The summed E-state index contributed by atoms with van der Waals surface area (Å²) in [6.07, 6.45) is 3.44. The van der Waals surface area contributed by atoms with Gasteiger partial charge in [0.15, 0.2) is 0 Å². The van der Waals surface area contributed by atoms with Gasteiger partial charge in [0.2, 0.25) is 0 Å². The first kappa shape index (κ1) is 13.9. The molecule has 0 saturated carbocycles. The molecular weight excluding hydrogens is 316 g/mol. The van der Waals surface area contributed by atoms with Crippen molar-refractivity contribution >= 4 is 46.4 Å². The maximum atomic E-state index is 6.10. The highest BCUT2D eigenvalue weighted by atomic mass is 35.5. The van der Waals surface area contributed by atoms with Crippen molar-refractivity contribution in [3.8, 4) is 5.69 Å². The molecular formula is C11H9Cl4N3. The average Bonchev–Trinajstić information content (AvgIpc) is 2.79. The first-order valence-electron chi connectivity index (χ1n) is 5.24. The van der Waals surface area contributed by atoms with Crippen LogP contribution in [0.25, 0.3) is 5.69 Å². The van der Waals surface area contributed by atoms with Gasteiger partial charge in [-0.1, -0.05) is 40.0 Å². The van der Waals surface area contributed by atoms with Crippen molar-refractivity contribution in [3.63, 3.8) is 0 Å². The van der Waals surface area contributed by atoms with Crippen LogP contribution in [0.2, 0.25) is 15.1 Å². The Morgan fingerprint density at radius 3 is 2.50 bits per heavy atom. The van der Waals surface area contributed by atoms with Crippen molar-refractivity contribution in [3.05, 3.63) is 39.1 Å². The maximum absolute atomic E-state index is 6.10. The summed E-state index contributed by atoms with van der Waals surface area (Å²) in [6, 6.07) is 3.24. The van der Waals surface area contributed by atoms with Crippen LogP contribution in [0.4, 0.5) is 0 Å². The number of rotatable bonds is 4. The number of nitrogens with zero attached hydrogens (tertiary/aromatic N) is 3. The number of alkyl halides is 1. The van der Waals surface area contributed by atoms with Gasteiger partial charge in [0, 0.05) is 5.88 Å². The lowest BCUT2D eigenvalue weighted by molar-refractivity contribution is 0.792. The molecule has 0 bridgehead atoms. The molecule has 0 saturated heterocycles. The summed E-state index contributed by atoms with van der Waals surface area (Å²) in [5.74, 6) is 0.598. The predicted octanol–water partition coefficient (Wildman–Crippen LogP) is 4.40. The van der Waals surface area contributed by atoms with Gasteiger partial charge >= 0.3 is 0 Å². The summed E-state index contributed by atoms with van der Waals surface area (Å²) in [5, 5.41) is 9.36. The highest BCUT2D eigenvalue weighted by Gasteiger charge is 2.10. The van der Waals surface area contributed by atoms with Gasteiger partial charge < -0.3 is 0 Å². The quantitative estimate of drug-likeness (QED) is 0.616. The van der Waals surface area contributed by atoms with Gasteiger partial charge in [-0.05, 0) is 25.0 Å². The van der Waals surface area contributed by atoms with Gasteiger partial charge in [-0.25, -0.2) is 4.68 Å². The van der Waals surface area contributed by atoms with Gasteiger partial charge in [0.05, 0.1) is 32.6 Å². The molecule has 0 radical (unpaired) electrons. The van der Waals surface area contributed by atoms with Crippen LogP contribution in [0.5, 0.6) is 0 Å². The number of aryl methyl sites for hydroxylation is 1. The van der Waals surface area contributed by atoms with Gasteiger partial charge in [-0.3, -0.25) is 0 Å². The van der Waals surface area contributed by atoms with E-state index < -0.39 is 0 Å². The average molecular weight is 325 g/mol. The number of aromatic nitrogens is 3. The van der Waals surface area contributed by atoms with Gasteiger partial charge in [-0.15, -0.1) is 16.7 Å². The molecule has 0 atom stereocenters. The lowest BCUT2D eigenvalue weighted by atomic mass is 10.3. The van der Waals surface area contributed by atoms with Crippen LogP contribution < -0.4 is 0 Å². The molecule has 18 heavy (non-hydrogen) atoms. The fraction of sp³-hybridized carbons (Fsp3) is 0.273. The van der Waals surface area contributed by atoms with Crippen molar-refractivity contribution in [2.75, 3.05) is 5.88 Å². The number of hydrogen-bond donors (Lipinski definition) is 0. The van der Waals surface area contributed by atoms with Crippen LogP contribution in [0.1, 0.15) is 12.1 Å². The Bertz CT molecular complexity index is 553. The molecule has 0 N–H and O–H groups in total. The Balaban J connectivity index is 2.31. The Kier molecular flexibility index (Phi) is 4.73. The third-order valence-corrected chi connectivity index (χ3v) is 3.64. The molecule has 1 aromatic carbocycles. The van der Waals surface area contributed by atoms with Crippen molar-refractivity contribution in [2.24, 2.45) is 0 Å². The minimum Gasteiger partial charge on any atom is -0.219 e. The fourth-order valence-corrected chi connectivity index (χ4v) is 2.23. The Morgan fingerprint density at radius 1 is 1.06 bits per heavy atom. The maximum Gasteiger partial charge on any atom is 0.0865 e. The second-order valence-electron chi connectivity index (χ2n) is 3.66. The predicted molar refractivity (Wildman–Crippen MR) is 75.4 cm³/mol. The SMILES string of the molecule is ClCCCc1cn(-c2cc(Cl)c(Cl)cc2Cl)nn1. The highest BCUT2D eigenvalue weighted by molar-refractivity contribution is 6.43. The first-order valence-corrected chi connectivity index (χ1v) is 6.90. The Hall–Kier alpha value is -0.480. The van der Waals surface area contributed by atoms with Crippen LogP contribution in [-0.2, 0) is 6.42 Å². The van der Waals surface area contributed by atoms with E-state index in [0.29, 0.717) is 26.6 Å². The normalized spacial score (nSPS) is 10.9. The zero-order chi connectivity index (χ0) is 13.1. The minimum absolute atomic E-state index is 0.410. The van der Waals surface area contributed by atoms with E-state index in [9.17, 15) is 0 Å². The van der Waals surface area contributed by atoms with E-state index in [1.807, 2.05) is 0 Å². The largest absolute Gasteiger partial charge is 0.219 e. The van der Waals surface area contributed by atoms with Gasteiger partial charge in [-0.2, -0.15) is 0 Å². The molecule has 2 aromatic rings. The van der Waals surface area contributed by atoms with E-state index >= 15 is 0 Å². The molecule has 0 aliphatic heterocycles. The fourth-order valence-electron chi connectivity index (χ4n) is 1.47. The van der Waals surface area contributed by atoms with Gasteiger partial charge in [0.1, 0.15) is 0 Å². The zero-order valence-corrected chi connectivity index (χ0v) is 12.2. The second-order valence-corrected chi connectivity index (χ2v) is 5.26. The molecule has 0 aliphatic rings. The van der Waals surface area contributed by atoms with E-state index in [1.54, 1.807) is 23.0 Å². The molecule has 0 aliphatic carbocycles. The first-order chi connectivity index (χ1) is 8.61. The van der Waals surface area contributed by atoms with Crippen LogP contribution in [-0.4, -0.2) is 20.9 Å². The monoisotopic (exact) mass is 323 g/mol. The van der Waals surface area contributed by atoms with E-state index in [4.69, 9.17) is 46.4 Å². The minimum atomic E-state index is 0.410. The lowest BCUT2D eigenvalue weighted by Gasteiger charge is -2.05. The molecule has 1 heterocycles.